The Labute approximate surface area is 115 Å². The molecule has 0 aliphatic heterocycles. The minimum Gasteiger partial charge on any atom is -0.744 e. The summed E-state index contributed by atoms with van der Waals surface area (Å²) in [5, 5.41) is 0. The molecule has 19 heavy (non-hydrogen) atoms. The Kier molecular flexibility index (Phi) is 6.75. The Morgan fingerprint density at radius 1 is 1.26 bits per heavy atom. The predicted octanol–water partition coefficient (Wildman–Crippen LogP) is 1.71. The zero-order chi connectivity index (χ0) is 15.1. The third-order valence-electron chi connectivity index (χ3n) is 1.89. The average Bonchev–Trinajstić information content (AvgIpc) is 2.25. The summed E-state index contributed by atoms with van der Waals surface area (Å²) < 4.78 is 36.9. The summed E-state index contributed by atoms with van der Waals surface area (Å²) in [7, 11) is 1.91. The van der Waals surface area contributed by atoms with Crippen LogP contribution < -0.4 is 0 Å². The quantitative estimate of drug-likeness (QED) is 0.366. The molecule has 0 saturated carbocycles. The lowest BCUT2D eigenvalue weighted by Gasteiger charge is -2.21. The van der Waals surface area contributed by atoms with Crippen molar-refractivity contribution in [2.75, 3.05) is 27.9 Å². The van der Waals surface area contributed by atoms with Crippen molar-refractivity contribution in [3.63, 3.8) is 0 Å². The van der Waals surface area contributed by atoms with E-state index in [4.69, 9.17) is 4.74 Å². The van der Waals surface area contributed by atoms with Gasteiger partial charge >= 0.3 is 0 Å². The first-order valence-corrected chi connectivity index (χ1v) is 7.02. The third-order valence-corrected chi connectivity index (χ3v) is 2.74. The van der Waals surface area contributed by atoms with Crippen LogP contribution >= 0.6 is 0 Å². The first-order chi connectivity index (χ1) is 8.56. The number of nitrogens with zero attached hydrogens (tertiary/aromatic N) is 1. The molecular formula is C13H21NO4S. The van der Waals surface area contributed by atoms with Crippen LogP contribution in [-0.2, 0) is 14.9 Å². The molecule has 6 heteroatoms. The lowest BCUT2D eigenvalue weighted by Crippen LogP contribution is -2.35. The molecule has 5 nitrogen and oxygen atoms in total. The number of quaternary nitrogens is 1. The molecule has 1 aromatic rings. The van der Waals surface area contributed by atoms with Crippen molar-refractivity contribution in [1.29, 1.82) is 0 Å². The largest absolute Gasteiger partial charge is 0.744 e. The molecule has 0 aliphatic carbocycles. The van der Waals surface area contributed by atoms with Gasteiger partial charge in [-0.15, -0.1) is 0 Å². The van der Waals surface area contributed by atoms with Gasteiger partial charge in [0.1, 0.15) is 10.1 Å². The van der Waals surface area contributed by atoms with Crippen LogP contribution in [0, 0.1) is 6.92 Å². The molecule has 0 aromatic heterocycles. The van der Waals surface area contributed by atoms with Gasteiger partial charge in [0.15, 0.2) is 0 Å². The monoisotopic (exact) mass is 287 g/mol. The van der Waals surface area contributed by atoms with Crippen molar-refractivity contribution < 1.29 is 22.2 Å². The highest BCUT2D eigenvalue weighted by molar-refractivity contribution is 7.85. The Morgan fingerprint density at radius 3 is 2.00 bits per heavy atom. The van der Waals surface area contributed by atoms with E-state index in [0.717, 1.165) is 10.0 Å². The van der Waals surface area contributed by atoms with Gasteiger partial charge in [-0.2, -0.15) is 0 Å². The standard InChI is InChI=1S/C7H8O3S.C6H14NO/c1-6-2-4-7(5-3-6)11(8,9)10;1-5-8-6-7(2,3)4/h2-5H,1H3,(H,8,9,10);5H,1,6H2,2-4H3/q;+1/p-1. The van der Waals surface area contributed by atoms with Crippen LogP contribution in [0.2, 0.25) is 0 Å². The molecule has 0 heterocycles. The molecule has 0 aliphatic rings. The maximum absolute atomic E-state index is 10.4. The van der Waals surface area contributed by atoms with E-state index in [-0.39, 0.29) is 4.90 Å². The van der Waals surface area contributed by atoms with E-state index in [1.165, 1.54) is 18.4 Å². The minimum absolute atomic E-state index is 0.178. The number of aryl methyl sites for hydroxylation is 1. The second kappa shape index (κ2) is 7.28. The Morgan fingerprint density at radius 2 is 1.74 bits per heavy atom. The topological polar surface area (TPSA) is 66.4 Å². The molecule has 0 amide bonds. The highest BCUT2D eigenvalue weighted by Crippen LogP contribution is 2.08. The normalized spacial score (nSPS) is 11.2. The van der Waals surface area contributed by atoms with E-state index in [2.05, 4.69) is 27.7 Å². The number of hydrogen-bond acceptors (Lipinski definition) is 4. The fourth-order valence-corrected chi connectivity index (χ4v) is 1.45. The van der Waals surface area contributed by atoms with E-state index >= 15 is 0 Å². The molecule has 0 saturated heterocycles. The first kappa shape index (κ1) is 17.6. The molecule has 0 radical (unpaired) electrons. The smallest absolute Gasteiger partial charge is 0.222 e. The fourth-order valence-electron chi connectivity index (χ4n) is 0.981. The summed E-state index contributed by atoms with van der Waals surface area (Å²) in [5.41, 5.74) is 0.928. The molecule has 1 rings (SSSR count). The predicted molar refractivity (Wildman–Crippen MR) is 73.3 cm³/mol. The van der Waals surface area contributed by atoms with E-state index < -0.39 is 10.1 Å². The lowest BCUT2D eigenvalue weighted by molar-refractivity contribution is -0.888. The summed E-state index contributed by atoms with van der Waals surface area (Å²) >= 11 is 0. The van der Waals surface area contributed by atoms with Gasteiger partial charge in [0.25, 0.3) is 0 Å². The molecule has 0 unspecified atom stereocenters. The molecule has 0 bridgehead atoms. The van der Waals surface area contributed by atoms with Gasteiger partial charge < -0.3 is 9.29 Å². The highest BCUT2D eigenvalue weighted by Gasteiger charge is 2.03. The Balaban J connectivity index is 0.000000362. The van der Waals surface area contributed by atoms with E-state index in [9.17, 15) is 13.0 Å². The van der Waals surface area contributed by atoms with Crippen molar-refractivity contribution in [2.45, 2.75) is 11.8 Å². The van der Waals surface area contributed by atoms with Crippen LogP contribution in [0.4, 0.5) is 0 Å². The number of benzene rings is 1. The van der Waals surface area contributed by atoms with Crippen molar-refractivity contribution in [2.24, 2.45) is 0 Å². The number of ether oxygens (including phenoxy) is 1. The van der Waals surface area contributed by atoms with Gasteiger partial charge in [-0.25, -0.2) is 8.42 Å². The van der Waals surface area contributed by atoms with E-state index in [1.807, 2.05) is 6.92 Å². The van der Waals surface area contributed by atoms with Crippen molar-refractivity contribution in [1.82, 2.24) is 0 Å². The van der Waals surface area contributed by atoms with Gasteiger partial charge in [-0.1, -0.05) is 24.3 Å². The zero-order valence-electron chi connectivity index (χ0n) is 11.8. The number of rotatable bonds is 4. The summed E-state index contributed by atoms with van der Waals surface area (Å²) in [5.74, 6) is 0. The van der Waals surface area contributed by atoms with Crippen LogP contribution in [0.25, 0.3) is 0 Å². The molecule has 1 aromatic carbocycles. The maximum Gasteiger partial charge on any atom is 0.222 e. The van der Waals surface area contributed by atoms with Gasteiger partial charge in [-0.05, 0) is 19.1 Å². The molecule has 0 N–H and O–H groups in total. The van der Waals surface area contributed by atoms with Crippen molar-refractivity contribution in [3.05, 3.63) is 42.7 Å². The third kappa shape index (κ3) is 9.24. The van der Waals surface area contributed by atoms with Crippen LogP contribution in [0.5, 0.6) is 0 Å². The van der Waals surface area contributed by atoms with Gasteiger partial charge in [0, 0.05) is 0 Å². The Bertz CT molecular complexity index is 486. The molecule has 108 valence electrons. The van der Waals surface area contributed by atoms with E-state index in [1.54, 1.807) is 12.1 Å². The van der Waals surface area contributed by atoms with Gasteiger partial charge in [0.05, 0.1) is 32.3 Å². The maximum atomic E-state index is 10.4. The Hall–Kier alpha value is -1.37. The average molecular weight is 287 g/mol. The van der Waals surface area contributed by atoms with Crippen molar-refractivity contribution >= 4 is 10.1 Å². The second-order valence-corrected chi connectivity index (χ2v) is 6.40. The molecule has 0 spiro atoms. The van der Waals surface area contributed by atoms with Gasteiger partial charge in [0.2, 0.25) is 6.73 Å². The van der Waals surface area contributed by atoms with Crippen LogP contribution in [0.3, 0.4) is 0 Å². The summed E-state index contributed by atoms with van der Waals surface area (Å²) in [6.45, 7) is 5.94. The van der Waals surface area contributed by atoms with Crippen LogP contribution in [0.1, 0.15) is 5.56 Å². The van der Waals surface area contributed by atoms with Crippen LogP contribution in [-0.4, -0.2) is 45.3 Å². The molecule has 0 fully saturated rings. The zero-order valence-corrected chi connectivity index (χ0v) is 12.6. The van der Waals surface area contributed by atoms with Crippen LogP contribution in [0.15, 0.2) is 42.0 Å². The first-order valence-electron chi connectivity index (χ1n) is 5.62. The second-order valence-electron chi connectivity index (χ2n) is 5.02. The summed E-state index contributed by atoms with van der Waals surface area (Å²) in [4.78, 5) is -0.178. The molecular weight excluding hydrogens is 266 g/mol. The number of hydrogen-bond donors (Lipinski definition) is 0. The summed E-state index contributed by atoms with van der Waals surface area (Å²) in [6, 6.07) is 5.78. The SMILES string of the molecule is C=COC[N+](C)(C)C.Cc1ccc(S(=O)(=O)[O-])cc1. The fraction of sp³-hybridized carbons (Fsp3) is 0.385. The van der Waals surface area contributed by atoms with E-state index in [0.29, 0.717) is 6.73 Å². The minimum atomic E-state index is -4.27. The van der Waals surface area contributed by atoms with Gasteiger partial charge in [-0.3, -0.25) is 4.48 Å². The highest BCUT2D eigenvalue weighted by atomic mass is 32.2. The lowest BCUT2D eigenvalue weighted by atomic mass is 10.2. The van der Waals surface area contributed by atoms with Crippen molar-refractivity contribution in [3.8, 4) is 0 Å². The molecule has 0 atom stereocenters. The summed E-state index contributed by atoms with van der Waals surface area (Å²) in [6.07, 6.45) is 1.46.